The number of aryl methyl sites for hydroxylation is 2. The molecule has 3 nitrogen and oxygen atoms in total. The number of hydrogen-bond donors (Lipinski definition) is 0. The Morgan fingerprint density at radius 1 is 0.727 bits per heavy atom. The van der Waals surface area contributed by atoms with Crippen molar-refractivity contribution in [3.05, 3.63) is 71.8 Å². The summed E-state index contributed by atoms with van der Waals surface area (Å²) in [7, 11) is 0.928. The Balaban J connectivity index is 1.83. The maximum atomic E-state index is 6.87. The Kier molecular flexibility index (Phi) is 5.20. The van der Waals surface area contributed by atoms with Gasteiger partial charge in [0.15, 0.2) is 0 Å². The van der Waals surface area contributed by atoms with E-state index in [0.717, 1.165) is 22.3 Å². The lowest BCUT2D eigenvalue weighted by atomic mass is 9.95. The molecule has 0 amide bonds. The van der Waals surface area contributed by atoms with Gasteiger partial charge in [0.25, 0.3) is 0 Å². The Labute approximate surface area is 195 Å². The zero-order valence-electron chi connectivity index (χ0n) is 19.6. The van der Waals surface area contributed by atoms with E-state index >= 15 is 0 Å². The van der Waals surface area contributed by atoms with E-state index in [1.807, 2.05) is 0 Å². The highest BCUT2D eigenvalue weighted by molar-refractivity contribution is 7.39. The van der Waals surface area contributed by atoms with Crippen molar-refractivity contribution in [3.8, 4) is 0 Å². The van der Waals surface area contributed by atoms with Crippen LogP contribution in [-0.4, -0.2) is 13.1 Å². The van der Waals surface area contributed by atoms with Crippen molar-refractivity contribution < 1.29 is 8.39 Å². The van der Waals surface area contributed by atoms with Crippen molar-refractivity contribution in [3.63, 3.8) is 0 Å². The summed E-state index contributed by atoms with van der Waals surface area (Å²) in [5, 5.41) is 7.25. The van der Waals surface area contributed by atoms with Crippen LogP contribution in [0.3, 0.4) is 0 Å². The molecule has 1 heterocycles. The lowest BCUT2D eigenvalue weighted by Crippen LogP contribution is -2.30. The predicted octanol–water partition coefficient (Wildman–Crippen LogP) is 9.11. The van der Waals surface area contributed by atoms with Crippen LogP contribution >= 0.6 is 8.16 Å². The van der Waals surface area contributed by atoms with E-state index in [9.17, 15) is 0 Å². The molecule has 0 N–H and O–H groups in total. The van der Waals surface area contributed by atoms with Crippen molar-refractivity contribution in [1.82, 2.24) is 0 Å². The molecule has 0 bridgehead atoms. The van der Waals surface area contributed by atoms with Crippen LogP contribution in [0.4, 0.5) is 0 Å². The minimum Gasteiger partial charge on any atom is -0.407 e. The van der Waals surface area contributed by atoms with Crippen molar-refractivity contribution in [2.75, 3.05) is 11.7 Å². The van der Waals surface area contributed by atoms with Crippen molar-refractivity contribution in [1.29, 1.82) is 0 Å². The van der Waals surface area contributed by atoms with Crippen LogP contribution in [0.2, 0.25) is 0 Å². The van der Waals surface area contributed by atoms with Crippen LogP contribution < -0.4 is 4.67 Å². The number of fused-ring (bicyclic) bond motifs is 7. The number of benzene rings is 4. The van der Waals surface area contributed by atoms with Crippen LogP contribution in [0.5, 0.6) is 0 Å². The standard InChI is InChI=1S/C29H30NO2P/c1-19-17-21-11-7-9-15-24(21)26-27-25-16-10-8-12-22(25)18-20(2)29(27)32-33(31-28(19)26)30(3)23-13-5-4-6-14-23/h7-12,15-18,23H,4-6,13-14H2,1-3H3. The average Bonchev–Trinajstić information content (AvgIpc) is 3.03. The number of nitrogens with zero attached hydrogens (tertiary/aromatic N) is 1. The maximum Gasteiger partial charge on any atom is 0.309 e. The second-order valence-corrected chi connectivity index (χ2v) is 11.0. The highest BCUT2D eigenvalue weighted by Gasteiger charge is 2.24. The summed E-state index contributed by atoms with van der Waals surface area (Å²) in [4.78, 5) is 0. The number of rotatable bonds is 2. The first kappa shape index (κ1) is 20.8. The quantitative estimate of drug-likeness (QED) is 0.266. The van der Waals surface area contributed by atoms with Crippen LogP contribution in [0.1, 0.15) is 43.2 Å². The lowest BCUT2D eigenvalue weighted by Gasteiger charge is -2.28. The van der Waals surface area contributed by atoms with Gasteiger partial charge in [0.05, 0.1) is 0 Å². The van der Waals surface area contributed by atoms with Gasteiger partial charge < -0.3 is 8.39 Å². The van der Waals surface area contributed by atoms with Gasteiger partial charge in [-0.25, -0.2) is 4.67 Å². The monoisotopic (exact) mass is 455 g/mol. The summed E-state index contributed by atoms with van der Waals surface area (Å²) >= 11 is 0. The van der Waals surface area contributed by atoms with Gasteiger partial charge in [-0.3, -0.25) is 0 Å². The van der Waals surface area contributed by atoms with Gasteiger partial charge in [-0.15, -0.1) is 0 Å². The van der Waals surface area contributed by atoms with Gasteiger partial charge in [0.1, 0.15) is 11.2 Å². The Morgan fingerprint density at radius 3 is 1.73 bits per heavy atom. The summed E-state index contributed by atoms with van der Waals surface area (Å²) in [6, 6.07) is 22.3. The highest BCUT2D eigenvalue weighted by Crippen LogP contribution is 2.44. The van der Waals surface area contributed by atoms with Gasteiger partial charge in [-0.1, -0.05) is 67.8 Å². The fourth-order valence-corrected chi connectivity index (χ4v) is 7.14. The second kappa shape index (κ2) is 8.24. The van der Waals surface area contributed by atoms with E-state index in [1.165, 1.54) is 64.4 Å². The molecule has 33 heavy (non-hydrogen) atoms. The fraction of sp³-hybridized carbons (Fsp3) is 0.310. The van der Waals surface area contributed by atoms with Crippen LogP contribution in [0.15, 0.2) is 69.1 Å². The summed E-state index contributed by atoms with van der Waals surface area (Å²) in [6.45, 7) is 4.34. The van der Waals surface area contributed by atoms with E-state index in [2.05, 4.69) is 86.2 Å². The molecule has 0 spiro atoms. The Morgan fingerprint density at radius 2 is 1.21 bits per heavy atom. The molecular formula is C29H30NO2P. The third-order valence-corrected chi connectivity index (χ3v) is 8.84. The van der Waals surface area contributed by atoms with E-state index in [-0.39, 0.29) is 0 Å². The fourth-order valence-electron chi connectivity index (χ4n) is 5.56. The van der Waals surface area contributed by atoms with E-state index < -0.39 is 8.16 Å². The van der Waals surface area contributed by atoms with Gasteiger partial charge in [0.2, 0.25) is 0 Å². The molecule has 1 aromatic heterocycles. The average molecular weight is 456 g/mol. The topological polar surface area (TPSA) is 29.5 Å². The van der Waals surface area contributed by atoms with Gasteiger partial charge in [-0.2, -0.15) is 0 Å². The largest absolute Gasteiger partial charge is 0.407 e. The SMILES string of the molecule is Cc1cc2ccccc2c2c1op(N(C)C1CCCCC1)oc1c(C)cc3ccccc3c12. The molecule has 4 heteroatoms. The summed E-state index contributed by atoms with van der Waals surface area (Å²) < 4.78 is 16.1. The molecule has 0 radical (unpaired) electrons. The molecular weight excluding hydrogens is 425 g/mol. The highest BCUT2D eigenvalue weighted by atomic mass is 31.1. The van der Waals surface area contributed by atoms with Crippen molar-refractivity contribution in [2.45, 2.75) is 52.0 Å². The van der Waals surface area contributed by atoms with E-state index in [1.54, 1.807) is 0 Å². The summed E-state index contributed by atoms with van der Waals surface area (Å²) in [5.74, 6) is 0. The molecule has 0 aliphatic heterocycles. The maximum absolute atomic E-state index is 6.87. The summed E-state index contributed by atoms with van der Waals surface area (Å²) in [5.41, 5.74) is 4.26. The van der Waals surface area contributed by atoms with Gasteiger partial charge in [0, 0.05) is 23.9 Å². The molecule has 4 aromatic carbocycles. The third kappa shape index (κ3) is 3.46. The zero-order chi connectivity index (χ0) is 22.5. The smallest absolute Gasteiger partial charge is 0.309 e. The first-order valence-corrected chi connectivity index (χ1v) is 13.2. The van der Waals surface area contributed by atoms with Gasteiger partial charge >= 0.3 is 8.16 Å². The van der Waals surface area contributed by atoms with Crippen LogP contribution in [-0.2, 0) is 0 Å². The lowest BCUT2D eigenvalue weighted by molar-refractivity contribution is 0.431. The third-order valence-electron chi connectivity index (χ3n) is 7.32. The van der Waals surface area contributed by atoms with Crippen LogP contribution in [0, 0.1) is 13.8 Å². The van der Waals surface area contributed by atoms with Crippen LogP contribution in [0.25, 0.3) is 43.5 Å². The number of hydrogen-bond acceptors (Lipinski definition) is 3. The molecule has 0 atom stereocenters. The summed E-state index contributed by atoms with van der Waals surface area (Å²) in [6.07, 6.45) is 6.35. The Hall–Kier alpha value is -2.74. The van der Waals surface area contributed by atoms with Gasteiger partial charge in [-0.05, 0) is 71.5 Å². The molecule has 1 saturated carbocycles. The molecule has 6 rings (SSSR count). The molecule has 0 saturated heterocycles. The van der Waals surface area contributed by atoms with E-state index in [4.69, 9.17) is 8.39 Å². The zero-order valence-corrected chi connectivity index (χ0v) is 20.5. The first-order valence-electron chi connectivity index (χ1n) is 12.1. The first-order chi connectivity index (χ1) is 16.1. The molecule has 1 aliphatic carbocycles. The molecule has 168 valence electrons. The van der Waals surface area contributed by atoms with E-state index in [0.29, 0.717) is 6.04 Å². The molecule has 1 aliphatic rings. The normalized spacial score (nSPS) is 15.3. The van der Waals surface area contributed by atoms with Crippen molar-refractivity contribution in [2.24, 2.45) is 0 Å². The molecule has 1 fully saturated rings. The molecule has 5 aromatic rings. The Bertz CT molecular complexity index is 1440. The predicted molar refractivity (Wildman–Crippen MR) is 142 cm³/mol. The minimum atomic E-state index is -1.27. The van der Waals surface area contributed by atoms with Crippen molar-refractivity contribution >= 4 is 51.6 Å². The minimum absolute atomic E-state index is 0.511. The second-order valence-electron chi connectivity index (χ2n) is 9.52. The molecule has 0 unspecified atom stereocenters.